The van der Waals surface area contributed by atoms with Crippen LogP contribution in [0.4, 0.5) is 0 Å². The highest BCUT2D eigenvalue weighted by Crippen LogP contribution is 2.15. The van der Waals surface area contributed by atoms with E-state index in [1.807, 2.05) is 0 Å². The molecule has 82 valence electrons. The van der Waals surface area contributed by atoms with Gasteiger partial charge in [0.05, 0.1) is 0 Å². The number of hydrazine groups is 1. The van der Waals surface area contributed by atoms with Gasteiger partial charge in [0.15, 0.2) is 0 Å². The molecule has 0 unspecified atom stereocenters. The van der Waals surface area contributed by atoms with E-state index in [1.54, 1.807) is 0 Å². The van der Waals surface area contributed by atoms with Crippen LogP contribution < -0.4 is 11.3 Å². The molecule has 0 atom stereocenters. The zero-order valence-electron chi connectivity index (χ0n) is 9.45. The van der Waals surface area contributed by atoms with E-state index in [4.69, 9.17) is 5.84 Å². The molecule has 0 radical (unpaired) electrons. The van der Waals surface area contributed by atoms with Crippen LogP contribution in [-0.2, 0) is 0 Å². The number of guanidine groups is 1. The minimum Gasteiger partial charge on any atom is -0.342 e. The van der Waals surface area contributed by atoms with Gasteiger partial charge in [0, 0.05) is 19.1 Å². The second-order valence-electron chi connectivity index (χ2n) is 4.36. The molecule has 0 aliphatic carbocycles. The van der Waals surface area contributed by atoms with Gasteiger partial charge < -0.3 is 4.90 Å². The molecule has 0 amide bonds. The van der Waals surface area contributed by atoms with Gasteiger partial charge in [-0.2, -0.15) is 0 Å². The molecular formula is C10H22N4. The Kier molecular flexibility index (Phi) is 4.20. The first-order valence-corrected chi connectivity index (χ1v) is 5.43. The first kappa shape index (κ1) is 11.3. The maximum absolute atomic E-state index is 5.46. The van der Waals surface area contributed by atoms with Gasteiger partial charge in [0.2, 0.25) is 5.96 Å². The van der Waals surface area contributed by atoms with Gasteiger partial charge in [-0.25, -0.2) is 10.8 Å². The molecule has 3 N–H and O–H groups in total. The molecule has 4 nitrogen and oxygen atoms in total. The third kappa shape index (κ3) is 3.18. The van der Waals surface area contributed by atoms with Crippen molar-refractivity contribution in [2.24, 2.45) is 16.8 Å². The summed E-state index contributed by atoms with van der Waals surface area (Å²) in [7, 11) is 0. The average Bonchev–Trinajstić information content (AvgIpc) is 2.15. The Hall–Kier alpha value is -0.770. The Balaban J connectivity index is 2.53. The zero-order chi connectivity index (χ0) is 10.6. The molecule has 1 aliphatic rings. The molecule has 0 aromatic heterocycles. The van der Waals surface area contributed by atoms with Crippen LogP contribution in [0, 0.1) is 5.92 Å². The third-order valence-corrected chi connectivity index (χ3v) is 2.59. The maximum Gasteiger partial charge on any atom is 0.208 e. The number of nitrogens with one attached hydrogen (secondary N) is 1. The van der Waals surface area contributed by atoms with Crippen LogP contribution in [0.1, 0.15) is 33.6 Å². The molecule has 0 bridgehead atoms. The number of likely N-dealkylation sites (tertiary alicyclic amines) is 1. The van der Waals surface area contributed by atoms with Crippen molar-refractivity contribution in [2.45, 2.75) is 39.7 Å². The third-order valence-electron chi connectivity index (χ3n) is 2.59. The predicted molar refractivity (Wildman–Crippen MR) is 59.9 cm³/mol. The van der Waals surface area contributed by atoms with Crippen LogP contribution >= 0.6 is 0 Å². The summed E-state index contributed by atoms with van der Waals surface area (Å²) in [5.41, 5.74) is 2.69. The number of rotatable bonds is 1. The topological polar surface area (TPSA) is 53.6 Å². The molecule has 1 saturated heterocycles. The lowest BCUT2D eigenvalue weighted by Gasteiger charge is -2.32. The fourth-order valence-electron chi connectivity index (χ4n) is 1.68. The number of aliphatic imine (C=N–C) groups is 1. The van der Waals surface area contributed by atoms with Gasteiger partial charge in [-0.3, -0.25) is 5.43 Å². The van der Waals surface area contributed by atoms with Gasteiger partial charge >= 0.3 is 0 Å². The van der Waals surface area contributed by atoms with E-state index in [9.17, 15) is 0 Å². The molecule has 14 heavy (non-hydrogen) atoms. The average molecular weight is 198 g/mol. The lowest BCUT2D eigenvalue weighted by Crippen LogP contribution is -2.48. The normalized spacial score (nSPS) is 20.4. The molecule has 0 aromatic rings. The fraction of sp³-hybridized carbons (Fsp3) is 0.900. The van der Waals surface area contributed by atoms with E-state index < -0.39 is 0 Å². The van der Waals surface area contributed by atoms with Crippen molar-refractivity contribution in [3.8, 4) is 0 Å². The van der Waals surface area contributed by atoms with Gasteiger partial charge in [-0.15, -0.1) is 0 Å². The number of piperidine rings is 1. The molecule has 4 heteroatoms. The lowest BCUT2D eigenvalue weighted by molar-refractivity contribution is 0.273. The second-order valence-corrected chi connectivity index (χ2v) is 4.36. The first-order chi connectivity index (χ1) is 6.63. The van der Waals surface area contributed by atoms with Crippen molar-refractivity contribution in [1.82, 2.24) is 10.3 Å². The van der Waals surface area contributed by atoms with Crippen LogP contribution in [-0.4, -0.2) is 30.0 Å². The Morgan fingerprint density at radius 1 is 1.43 bits per heavy atom. The SMILES string of the molecule is CC1CCN(C(=NC(C)C)NN)CC1. The second kappa shape index (κ2) is 5.20. The molecule has 0 aromatic carbocycles. The van der Waals surface area contributed by atoms with Crippen LogP contribution in [0.2, 0.25) is 0 Å². The summed E-state index contributed by atoms with van der Waals surface area (Å²) in [4.78, 5) is 6.69. The number of hydrogen-bond donors (Lipinski definition) is 2. The highest BCUT2D eigenvalue weighted by Gasteiger charge is 2.18. The van der Waals surface area contributed by atoms with E-state index in [-0.39, 0.29) is 0 Å². The quantitative estimate of drug-likeness (QED) is 0.285. The Labute approximate surface area is 86.5 Å². The summed E-state index contributed by atoms with van der Waals surface area (Å²) in [5.74, 6) is 7.14. The molecule has 0 saturated carbocycles. The Morgan fingerprint density at radius 3 is 2.43 bits per heavy atom. The summed E-state index contributed by atoms with van der Waals surface area (Å²) >= 11 is 0. The smallest absolute Gasteiger partial charge is 0.208 e. The summed E-state index contributed by atoms with van der Waals surface area (Å²) in [6, 6.07) is 0.292. The number of hydrogen-bond acceptors (Lipinski definition) is 2. The molecule has 1 rings (SSSR count). The maximum atomic E-state index is 5.46. The van der Waals surface area contributed by atoms with Crippen molar-refractivity contribution in [3.63, 3.8) is 0 Å². The van der Waals surface area contributed by atoms with Crippen molar-refractivity contribution in [3.05, 3.63) is 0 Å². The molecule has 1 aliphatic heterocycles. The molecule has 1 heterocycles. The highest BCUT2D eigenvalue weighted by atomic mass is 15.4. The van der Waals surface area contributed by atoms with E-state index >= 15 is 0 Å². The van der Waals surface area contributed by atoms with E-state index in [1.165, 1.54) is 12.8 Å². The minimum atomic E-state index is 0.292. The van der Waals surface area contributed by atoms with E-state index in [0.29, 0.717) is 6.04 Å². The van der Waals surface area contributed by atoms with Gasteiger partial charge in [-0.1, -0.05) is 6.92 Å². The lowest BCUT2D eigenvalue weighted by atomic mass is 10.00. The Morgan fingerprint density at radius 2 is 2.00 bits per heavy atom. The summed E-state index contributed by atoms with van der Waals surface area (Å²) < 4.78 is 0. The number of nitrogens with zero attached hydrogens (tertiary/aromatic N) is 2. The van der Waals surface area contributed by atoms with Crippen LogP contribution in [0.25, 0.3) is 0 Å². The monoisotopic (exact) mass is 198 g/mol. The van der Waals surface area contributed by atoms with Crippen molar-refractivity contribution in [2.75, 3.05) is 13.1 Å². The van der Waals surface area contributed by atoms with Crippen LogP contribution in [0.5, 0.6) is 0 Å². The van der Waals surface area contributed by atoms with Gasteiger partial charge in [0.25, 0.3) is 0 Å². The summed E-state index contributed by atoms with van der Waals surface area (Å²) in [6.45, 7) is 8.55. The Bertz CT molecular complexity index is 192. The van der Waals surface area contributed by atoms with Crippen molar-refractivity contribution in [1.29, 1.82) is 0 Å². The van der Waals surface area contributed by atoms with Gasteiger partial charge in [0.1, 0.15) is 0 Å². The number of nitrogens with two attached hydrogens (primary N) is 1. The zero-order valence-corrected chi connectivity index (χ0v) is 9.45. The van der Waals surface area contributed by atoms with Crippen molar-refractivity contribution >= 4 is 5.96 Å². The fourth-order valence-corrected chi connectivity index (χ4v) is 1.68. The molecule has 0 spiro atoms. The van der Waals surface area contributed by atoms with E-state index in [0.717, 1.165) is 25.0 Å². The standard InChI is InChI=1S/C10H22N4/c1-8(2)12-10(13-11)14-6-4-9(3)5-7-14/h8-9H,4-7,11H2,1-3H3,(H,12,13). The minimum absolute atomic E-state index is 0.292. The molecular weight excluding hydrogens is 176 g/mol. The summed E-state index contributed by atoms with van der Waals surface area (Å²) in [5, 5.41) is 0. The van der Waals surface area contributed by atoms with Crippen LogP contribution in [0.15, 0.2) is 4.99 Å². The summed E-state index contributed by atoms with van der Waals surface area (Å²) in [6.07, 6.45) is 2.47. The first-order valence-electron chi connectivity index (χ1n) is 5.43. The van der Waals surface area contributed by atoms with E-state index in [2.05, 4.69) is 36.1 Å². The highest BCUT2D eigenvalue weighted by molar-refractivity contribution is 5.79. The van der Waals surface area contributed by atoms with Gasteiger partial charge in [-0.05, 0) is 32.6 Å². The largest absolute Gasteiger partial charge is 0.342 e. The van der Waals surface area contributed by atoms with Crippen LogP contribution in [0.3, 0.4) is 0 Å². The molecule has 1 fully saturated rings. The van der Waals surface area contributed by atoms with Crippen molar-refractivity contribution < 1.29 is 0 Å². The predicted octanol–water partition coefficient (Wildman–Crippen LogP) is 0.946.